The van der Waals surface area contributed by atoms with Crippen LogP contribution in [0.1, 0.15) is 28.4 Å². The summed E-state index contributed by atoms with van der Waals surface area (Å²) >= 11 is 1.67. The van der Waals surface area contributed by atoms with E-state index in [0.29, 0.717) is 0 Å². The summed E-state index contributed by atoms with van der Waals surface area (Å²) in [6, 6.07) is 29.9. The van der Waals surface area contributed by atoms with Gasteiger partial charge in [0.2, 0.25) is 0 Å². The van der Waals surface area contributed by atoms with Crippen LogP contribution in [0.5, 0.6) is 0 Å². The molecule has 6 rings (SSSR count). The highest BCUT2D eigenvalue weighted by molar-refractivity contribution is 7.24. The molecule has 4 aromatic carbocycles. The molecular weight excluding hydrogens is 400 g/mol. The van der Waals surface area contributed by atoms with E-state index in [2.05, 4.69) is 24.3 Å². The first-order chi connectivity index (χ1) is 15.1. The zero-order chi connectivity index (χ0) is 21.4. The predicted molar refractivity (Wildman–Crippen MR) is 130 cm³/mol. The fourth-order valence-electron chi connectivity index (χ4n) is 4.24. The molecule has 0 saturated carbocycles. The van der Waals surface area contributed by atoms with Crippen molar-refractivity contribution in [2.45, 2.75) is 13.3 Å². The monoisotopic (exact) mass is 420 g/mol. The molecule has 150 valence electrons. The molecule has 0 bridgehead atoms. The van der Waals surface area contributed by atoms with E-state index in [9.17, 15) is 9.59 Å². The first-order valence-corrected chi connectivity index (χ1v) is 11.1. The number of ketones is 1. The molecule has 1 aliphatic carbocycles. The molecular formula is C28H20O2S. The van der Waals surface area contributed by atoms with E-state index in [0.717, 1.165) is 32.2 Å². The first kappa shape index (κ1) is 19.4. The van der Waals surface area contributed by atoms with Gasteiger partial charge in [-0.2, -0.15) is 0 Å². The van der Waals surface area contributed by atoms with E-state index >= 15 is 0 Å². The van der Waals surface area contributed by atoms with Crippen LogP contribution < -0.4 is 5.43 Å². The summed E-state index contributed by atoms with van der Waals surface area (Å²) < 4.78 is 2.11. The Kier molecular flexibility index (Phi) is 4.97. The fraction of sp³-hybridized carbons (Fsp3) is 0.0714. The van der Waals surface area contributed by atoms with Gasteiger partial charge in [-0.3, -0.25) is 9.59 Å². The molecule has 2 nitrogen and oxygen atoms in total. The summed E-state index contributed by atoms with van der Waals surface area (Å²) in [7, 11) is 0. The van der Waals surface area contributed by atoms with Crippen LogP contribution in [-0.4, -0.2) is 5.78 Å². The highest BCUT2D eigenvalue weighted by Crippen LogP contribution is 2.38. The first-order valence-electron chi connectivity index (χ1n) is 10.2. The Morgan fingerprint density at radius 3 is 1.97 bits per heavy atom. The molecule has 1 aromatic heterocycles. The van der Waals surface area contributed by atoms with Crippen molar-refractivity contribution in [3.05, 3.63) is 118 Å². The molecule has 0 N–H and O–H groups in total. The van der Waals surface area contributed by atoms with Crippen LogP contribution in [0.2, 0.25) is 0 Å². The average molecular weight is 421 g/mol. The van der Waals surface area contributed by atoms with Gasteiger partial charge in [-0.05, 0) is 59.9 Å². The van der Waals surface area contributed by atoms with Gasteiger partial charge in [-0.1, -0.05) is 66.7 Å². The second kappa shape index (κ2) is 7.93. The molecule has 0 unspecified atom stereocenters. The lowest BCUT2D eigenvalue weighted by molar-refractivity contribution is 0.101. The van der Waals surface area contributed by atoms with Crippen molar-refractivity contribution in [3.8, 4) is 11.1 Å². The summed E-state index contributed by atoms with van der Waals surface area (Å²) in [6.07, 6.45) is 0.890. The van der Waals surface area contributed by atoms with Gasteiger partial charge in [0.1, 0.15) is 0 Å². The fourth-order valence-corrected chi connectivity index (χ4v) is 5.31. The molecule has 3 heteroatoms. The Balaban J connectivity index is 0.000000132. The number of benzene rings is 4. The summed E-state index contributed by atoms with van der Waals surface area (Å²) in [5.74, 6) is 0.157. The molecule has 0 aliphatic heterocycles. The summed E-state index contributed by atoms with van der Waals surface area (Å²) in [5.41, 5.74) is 6.03. The maximum atomic E-state index is 12.1. The molecule has 5 aromatic rings. The van der Waals surface area contributed by atoms with Gasteiger partial charge in [0.15, 0.2) is 11.2 Å². The SMILES string of the molecule is CC(=O)c1cccc2c1Cc1ccccc1-2.O=c1c2ccccc2sc2ccccc12. The van der Waals surface area contributed by atoms with Crippen molar-refractivity contribution in [1.82, 2.24) is 0 Å². The van der Waals surface area contributed by atoms with Crippen LogP contribution in [0.3, 0.4) is 0 Å². The van der Waals surface area contributed by atoms with E-state index in [1.165, 1.54) is 22.3 Å². The van der Waals surface area contributed by atoms with Crippen LogP contribution >= 0.6 is 11.3 Å². The lowest BCUT2D eigenvalue weighted by atomic mass is 9.99. The normalized spacial score (nSPS) is 11.5. The summed E-state index contributed by atoms with van der Waals surface area (Å²) in [4.78, 5) is 23.7. The Hall–Kier alpha value is -3.56. The third kappa shape index (κ3) is 3.47. The number of hydrogen-bond acceptors (Lipinski definition) is 3. The zero-order valence-electron chi connectivity index (χ0n) is 17.1. The average Bonchev–Trinajstić information content (AvgIpc) is 3.18. The Morgan fingerprint density at radius 1 is 0.710 bits per heavy atom. The Labute approximate surface area is 184 Å². The highest BCUT2D eigenvalue weighted by Gasteiger charge is 2.21. The number of Topliss-reactive ketones (excluding diaryl/α,β-unsaturated/α-hetero) is 1. The maximum Gasteiger partial charge on any atom is 0.195 e. The minimum atomic E-state index is 0.139. The van der Waals surface area contributed by atoms with Crippen molar-refractivity contribution in [2.75, 3.05) is 0 Å². The molecule has 0 saturated heterocycles. The molecule has 0 spiro atoms. The van der Waals surface area contributed by atoms with Crippen LogP contribution in [0, 0.1) is 0 Å². The third-order valence-electron chi connectivity index (χ3n) is 5.71. The number of hydrogen-bond donors (Lipinski definition) is 0. The Bertz CT molecular complexity index is 1450. The van der Waals surface area contributed by atoms with Gasteiger partial charge in [0.25, 0.3) is 0 Å². The largest absolute Gasteiger partial charge is 0.295 e. The van der Waals surface area contributed by atoms with Crippen LogP contribution in [0.15, 0.2) is 95.8 Å². The second-order valence-corrected chi connectivity index (χ2v) is 8.73. The zero-order valence-corrected chi connectivity index (χ0v) is 17.9. The van der Waals surface area contributed by atoms with Crippen molar-refractivity contribution >= 4 is 37.3 Å². The van der Waals surface area contributed by atoms with Crippen LogP contribution in [-0.2, 0) is 6.42 Å². The van der Waals surface area contributed by atoms with E-state index in [1.807, 2.05) is 66.7 Å². The summed E-state index contributed by atoms with van der Waals surface area (Å²) in [6.45, 7) is 1.64. The Morgan fingerprint density at radius 2 is 1.29 bits per heavy atom. The lowest BCUT2D eigenvalue weighted by Crippen LogP contribution is -1.99. The van der Waals surface area contributed by atoms with Crippen molar-refractivity contribution in [2.24, 2.45) is 0 Å². The third-order valence-corrected chi connectivity index (χ3v) is 6.87. The number of carbonyl (C=O) groups is 1. The van der Waals surface area contributed by atoms with Crippen LogP contribution in [0.4, 0.5) is 0 Å². The van der Waals surface area contributed by atoms with Gasteiger partial charge in [0.05, 0.1) is 0 Å². The van der Waals surface area contributed by atoms with Gasteiger partial charge >= 0.3 is 0 Å². The minimum absolute atomic E-state index is 0.139. The molecule has 0 fully saturated rings. The smallest absolute Gasteiger partial charge is 0.195 e. The number of carbonyl (C=O) groups excluding carboxylic acids is 1. The van der Waals surface area contributed by atoms with Gasteiger partial charge in [0, 0.05) is 25.7 Å². The van der Waals surface area contributed by atoms with E-state index in [1.54, 1.807) is 18.3 Å². The van der Waals surface area contributed by atoms with Gasteiger partial charge in [-0.25, -0.2) is 0 Å². The van der Waals surface area contributed by atoms with E-state index < -0.39 is 0 Å². The van der Waals surface area contributed by atoms with Gasteiger partial charge < -0.3 is 0 Å². The van der Waals surface area contributed by atoms with E-state index in [-0.39, 0.29) is 11.2 Å². The molecule has 0 atom stereocenters. The van der Waals surface area contributed by atoms with Crippen molar-refractivity contribution in [1.29, 1.82) is 0 Å². The summed E-state index contributed by atoms with van der Waals surface area (Å²) in [5, 5.41) is 1.64. The highest BCUT2D eigenvalue weighted by atomic mass is 32.1. The van der Waals surface area contributed by atoms with Gasteiger partial charge in [-0.15, -0.1) is 11.3 Å². The second-order valence-electron chi connectivity index (χ2n) is 7.65. The molecule has 31 heavy (non-hydrogen) atoms. The molecule has 1 heterocycles. The standard InChI is InChI=1S/C15H12O.C13H8OS/c1-10(16)12-7-4-8-14-13-6-3-2-5-11(13)9-15(12)14;14-13-9-5-1-3-7-11(9)15-12-8-4-2-6-10(12)13/h2-8H,9H2,1H3;1-8H. The molecule has 0 amide bonds. The topological polar surface area (TPSA) is 34.1 Å². The number of rotatable bonds is 1. The van der Waals surface area contributed by atoms with Crippen molar-refractivity contribution in [3.63, 3.8) is 0 Å². The quantitative estimate of drug-likeness (QED) is 0.215. The van der Waals surface area contributed by atoms with Crippen LogP contribution in [0.25, 0.3) is 31.3 Å². The lowest BCUT2D eigenvalue weighted by Gasteiger charge is -2.04. The molecule has 1 aliphatic rings. The molecule has 0 radical (unpaired) electrons. The van der Waals surface area contributed by atoms with E-state index in [4.69, 9.17) is 0 Å². The maximum absolute atomic E-state index is 12.1. The number of fused-ring (bicyclic) bond motifs is 5. The minimum Gasteiger partial charge on any atom is -0.295 e. The van der Waals surface area contributed by atoms with Crippen molar-refractivity contribution < 1.29 is 4.79 Å². The predicted octanol–water partition coefficient (Wildman–Crippen LogP) is 6.88.